The number of hydrogen-bond donors (Lipinski definition) is 2. The summed E-state index contributed by atoms with van der Waals surface area (Å²) in [5.41, 5.74) is 1.72. The van der Waals surface area contributed by atoms with E-state index in [0.717, 1.165) is 36.2 Å². The normalized spacial score (nSPS) is 13.0. The SMILES string of the molecule is CCOC(=O)c1c(NC(=S)Nc2ccc(Cl)cn2)sc2c1CCCC2. The first-order valence-corrected chi connectivity index (χ1v) is 9.70. The van der Waals surface area contributed by atoms with Gasteiger partial charge in [0.25, 0.3) is 0 Å². The molecule has 0 fully saturated rings. The maximum absolute atomic E-state index is 12.4. The molecule has 0 atom stereocenters. The van der Waals surface area contributed by atoms with E-state index in [1.807, 2.05) is 6.92 Å². The van der Waals surface area contributed by atoms with E-state index < -0.39 is 0 Å². The van der Waals surface area contributed by atoms with Crippen molar-refractivity contribution in [2.75, 3.05) is 17.2 Å². The fourth-order valence-electron chi connectivity index (χ4n) is 2.77. The number of nitrogens with zero attached hydrogens (tertiary/aromatic N) is 1. The number of halogens is 1. The zero-order chi connectivity index (χ0) is 17.8. The van der Waals surface area contributed by atoms with Crippen molar-refractivity contribution >= 4 is 57.1 Å². The summed E-state index contributed by atoms with van der Waals surface area (Å²) in [6.07, 6.45) is 5.67. The summed E-state index contributed by atoms with van der Waals surface area (Å²) in [6.45, 7) is 2.16. The van der Waals surface area contributed by atoms with Gasteiger partial charge in [0, 0.05) is 11.1 Å². The fourth-order valence-corrected chi connectivity index (χ4v) is 4.44. The molecule has 1 aliphatic carbocycles. The maximum Gasteiger partial charge on any atom is 0.341 e. The van der Waals surface area contributed by atoms with Gasteiger partial charge in [-0.3, -0.25) is 0 Å². The van der Waals surface area contributed by atoms with Crippen LogP contribution in [0, 0.1) is 0 Å². The molecule has 8 heteroatoms. The number of rotatable bonds is 4. The lowest BCUT2D eigenvalue weighted by Gasteiger charge is -2.13. The number of fused-ring (bicyclic) bond motifs is 1. The van der Waals surface area contributed by atoms with Gasteiger partial charge in [-0.1, -0.05) is 11.6 Å². The lowest BCUT2D eigenvalue weighted by atomic mass is 9.95. The smallest absolute Gasteiger partial charge is 0.341 e. The minimum atomic E-state index is -0.295. The molecule has 0 radical (unpaired) electrons. The van der Waals surface area contributed by atoms with Crippen LogP contribution in [0.2, 0.25) is 5.02 Å². The van der Waals surface area contributed by atoms with Crippen LogP contribution < -0.4 is 10.6 Å². The molecule has 0 saturated heterocycles. The summed E-state index contributed by atoms with van der Waals surface area (Å²) in [6, 6.07) is 3.47. The Labute approximate surface area is 160 Å². The molecule has 3 rings (SSSR count). The third-order valence-electron chi connectivity index (χ3n) is 3.85. The molecule has 0 unspecified atom stereocenters. The number of aromatic nitrogens is 1. The number of nitrogens with one attached hydrogen (secondary N) is 2. The van der Waals surface area contributed by atoms with Crippen molar-refractivity contribution in [3.05, 3.63) is 39.4 Å². The number of thiocarbonyl (C=S) groups is 1. The zero-order valence-electron chi connectivity index (χ0n) is 13.7. The second kappa shape index (κ2) is 8.12. The van der Waals surface area contributed by atoms with E-state index in [2.05, 4.69) is 15.6 Å². The van der Waals surface area contributed by atoms with E-state index in [-0.39, 0.29) is 5.97 Å². The third-order valence-corrected chi connectivity index (χ3v) is 5.48. The summed E-state index contributed by atoms with van der Waals surface area (Å²) in [7, 11) is 0. The molecular formula is C17H18ClN3O2S2. The Morgan fingerprint density at radius 3 is 2.88 bits per heavy atom. The van der Waals surface area contributed by atoms with Gasteiger partial charge in [-0.2, -0.15) is 0 Å². The van der Waals surface area contributed by atoms with Crippen molar-refractivity contribution in [1.82, 2.24) is 4.98 Å². The van der Waals surface area contributed by atoms with Crippen LogP contribution in [-0.2, 0) is 17.6 Å². The van der Waals surface area contributed by atoms with Gasteiger partial charge in [-0.15, -0.1) is 11.3 Å². The number of thiophene rings is 1. The summed E-state index contributed by atoms with van der Waals surface area (Å²) in [5, 5.41) is 7.80. The maximum atomic E-state index is 12.4. The van der Waals surface area contributed by atoms with Crippen molar-refractivity contribution in [1.29, 1.82) is 0 Å². The Balaban J connectivity index is 1.81. The van der Waals surface area contributed by atoms with Gasteiger partial charge in [0.1, 0.15) is 10.8 Å². The van der Waals surface area contributed by atoms with Crippen LogP contribution in [0.3, 0.4) is 0 Å². The van der Waals surface area contributed by atoms with E-state index in [0.29, 0.717) is 28.1 Å². The third kappa shape index (κ3) is 4.29. The van der Waals surface area contributed by atoms with Gasteiger partial charge in [0.2, 0.25) is 0 Å². The van der Waals surface area contributed by atoms with Crippen molar-refractivity contribution < 1.29 is 9.53 Å². The molecule has 132 valence electrons. The molecule has 5 nitrogen and oxygen atoms in total. The predicted molar refractivity (Wildman–Crippen MR) is 106 cm³/mol. The Morgan fingerprint density at radius 1 is 1.36 bits per heavy atom. The molecule has 2 aromatic heterocycles. The zero-order valence-corrected chi connectivity index (χ0v) is 16.1. The van der Waals surface area contributed by atoms with Crippen molar-refractivity contribution in [3.63, 3.8) is 0 Å². The van der Waals surface area contributed by atoms with Crippen LogP contribution in [0.15, 0.2) is 18.3 Å². The number of anilines is 2. The van der Waals surface area contributed by atoms with E-state index in [1.165, 1.54) is 4.88 Å². The number of hydrogen-bond acceptors (Lipinski definition) is 5. The molecule has 1 aliphatic rings. The van der Waals surface area contributed by atoms with E-state index in [1.54, 1.807) is 29.7 Å². The predicted octanol–water partition coefficient (Wildman–Crippen LogP) is 4.66. The summed E-state index contributed by atoms with van der Waals surface area (Å²) in [4.78, 5) is 17.8. The van der Waals surface area contributed by atoms with Gasteiger partial charge >= 0.3 is 5.97 Å². The highest BCUT2D eigenvalue weighted by atomic mass is 35.5. The minimum Gasteiger partial charge on any atom is -0.462 e. The topological polar surface area (TPSA) is 63.2 Å². The number of aryl methyl sites for hydroxylation is 1. The van der Waals surface area contributed by atoms with Gasteiger partial charge in [0.05, 0.1) is 17.2 Å². The number of ether oxygens (including phenoxy) is 1. The average Bonchev–Trinajstić information content (AvgIpc) is 2.95. The molecule has 25 heavy (non-hydrogen) atoms. The Kier molecular flexibility index (Phi) is 5.88. The largest absolute Gasteiger partial charge is 0.462 e. The number of pyridine rings is 1. The van der Waals surface area contributed by atoms with Crippen LogP contribution >= 0.6 is 35.2 Å². The molecule has 0 spiro atoms. The Bertz CT molecular complexity index is 790. The van der Waals surface area contributed by atoms with E-state index in [9.17, 15) is 4.79 Å². The molecule has 0 amide bonds. The minimum absolute atomic E-state index is 0.295. The van der Waals surface area contributed by atoms with Crippen LogP contribution in [0.5, 0.6) is 0 Å². The lowest BCUT2D eigenvalue weighted by molar-refractivity contribution is 0.0526. The molecule has 0 aromatic carbocycles. The second-order valence-corrected chi connectivity index (χ2v) is 7.53. The van der Waals surface area contributed by atoms with Gasteiger partial charge < -0.3 is 15.4 Å². The molecule has 2 aromatic rings. The van der Waals surface area contributed by atoms with Crippen molar-refractivity contribution in [2.24, 2.45) is 0 Å². The second-order valence-electron chi connectivity index (χ2n) is 5.58. The Hall–Kier alpha value is -1.70. The molecule has 2 N–H and O–H groups in total. The van der Waals surface area contributed by atoms with Crippen LogP contribution in [0.4, 0.5) is 10.8 Å². The number of esters is 1. The quantitative estimate of drug-likeness (QED) is 0.579. The van der Waals surface area contributed by atoms with Crippen molar-refractivity contribution in [2.45, 2.75) is 32.6 Å². The molecule has 2 heterocycles. The van der Waals surface area contributed by atoms with E-state index >= 15 is 0 Å². The standard InChI is InChI=1S/C17H18ClN3O2S2/c1-2-23-16(22)14-11-5-3-4-6-12(11)25-15(14)21-17(24)20-13-8-7-10(18)9-19-13/h7-9H,2-6H2,1H3,(H2,19,20,21,24). The number of carbonyl (C=O) groups excluding carboxylic acids is 1. The number of carbonyl (C=O) groups is 1. The summed E-state index contributed by atoms with van der Waals surface area (Å²) >= 11 is 12.8. The first-order chi connectivity index (χ1) is 12.1. The Morgan fingerprint density at radius 2 is 2.16 bits per heavy atom. The molecular weight excluding hydrogens is 378 g/mol. The first kappa shape index (κ1) is 18.1. The van der Waals surface area contributed by atoms with Crippen molar-refractivity contribution in [3.8, 4) is 0 Å². The monoisotopic (exact) mass is 395 g/mol. The first-order valence-electron chi connectivity index (χ1n) is 8.09. The van der Waals surface area contributed by atoms with Crippen LogP contribution in [0.25, 0.3) is 0 Å². The van der Waals surface area contributed by atoms with Gasteiger partial charge in [0.15, 0.2) is 5.11 Å². The van der Waals surface area contributed by atoms with Crippen LogP contribution in [-0.4, -0.2) is 22.7 Å². The van der Waals surface area contributed by atoms with Gasteiger partial charge in [-0.25, -0.2) is 9.78 Å². The molecule has 0 bridgehead atoms. The van der Waals surface area contributed by atoms with Crippen LogP contribution in [0.1, 0.15) is 40.6 Å². The average molecular weight is 396 g/mol. The highest BCUT2D eigenvalue weighted by molar-refractivity contribution is 7.80. The van der Waals surface area contributed by atoms with Gasteiger partial charge in [-0.05, 0) is 62.5 Å². The fraction of sp³-hybridized carbons (Fsp3) is 0.353. The highest BCUT2D eigenvalue weighted by Crippen LogP contribution is 2.38. The molecule has 0 saturated carbocycles. The lowest BCUT2D eigenvalue weighted by Crippen LogP contribution is -2.21. The summed E-state index contributed by atoms with van der Waals surface area (Å²) in [5.74, 6) is 0.290. The summed E-state index contributed by atoms with van der Waals surface area (Å²) < 4.78 is 5.24. The molecule has 0 aliphatic heterocycles. The highest BCUT2D eigenvalue weighted by Gasteiger charge is 2.26. The van der Waals surface area contributed by atoms with E-state index in [4.69, 9.17) is 28.6 Å².